The van der Waals surface area contributed by atoms with E-state index in [1.807, 2.05) is 0 Å². The Bertz CT molecular complexity index is 487. The molecule has 2 atom stereocenters. The number of primary amides is 1. The number of ether oxygens (including phenoxy) is 1. The van der Waals surface area contributed by atoms with Crippen LogP contribution in [0, 0.1) is 0 Å². The summed E-state index contributed by atoms with van der Waals surface area (Å²) in [6, 6.07) is 6.80. The minimum Gasteiger partial charge on any atom is -0.366 e. The molecule has 1 fully saturated rings. The Morgan fingerprint density at radius 2 is 1.95 bits per heavy atom. The van der Waals surface area contributed by atoms with Crippen molar-refractivity contribution in [1.29, 1.82) is 0 Å². The van der Waals surface area contributed by atoms with Gasteiger partial charge in [-0.2, -0.15) is 0 Å². The lowest BCUT2D eigenvalue weighted by Crippen LogP contribution is -2.35. The van der Waals surface area contributed by atoms with E-state index in [-0.39, 0.29) is 12.0 Å². The molecule has 0 saturated carbocycles. The van der Waals surface area contributed by atoms with Gasteiger partial charge in [-0.15, -0.1) is 0 Å². The third-order valence-electron chi connectivity index (χ3n) is 3.37. The zero-order chi connectivity index (χ0) is 14.5. The standard InChI is InChI=1S/C14H19N3O3/c15-7-11-5-6-12(20-11)14(19)17-8-9-1-3-10(4-2-9)13(16)18/h1-4,11-12H,5-8,15H2,(H2,16,18)(H,17,19)/t11-,12+/m1/s1. The van der Waals surface area contributed by atoms with Crippen LogP contribution in [0.25, 0.3) is 0 Å². The van der Waals surface area contributed by atoms with Crippen LogP contribution in [0.5, 0.6) is 0 Å². The predicted octanol–water partition coefficient (Wildman–Crippen LogP) is -0.0920. The van der Waals surface area contributed by atoms with E-state index in [1.54, 1.807) is 24.3 Å². The second-order valence-electron chi connectivity index (χ2n) is 4.84. The molecule has 1 aliphatic heterocycles. The average molecular weight is 277 g/mol. The molecule has 20 heavy (non-hydrogen) atoms. The second-order valence-corrected chi connectivity index (χ2v) is 4.84. The van der Waals surface area contributed by atoms with Crippen molar-refractivity contribution in [3.63, 3.8) is 0 Å². The monoisotopic (exact) mass is 277 g/mol. The van der Waals surface area contributed by atoms with Gasteiger partial charge in [-0.3, -0.25) is 9.59 Å². The number of carbonyl (C=O) groups is 2. The lowest BCUT2D eigenvalue weighted by Gasteiger charge is -2.12. The molecule has 2 amide bonds. The summed E-state index contributed by atoms with van der Waals surface area (Å²) in [7, 11) is 0. The molecule has 0 aromatic heterocycles. The van der Waals surface area contributed by atoms with E-state index in [0.717, 1.165) is 12.0 Å². The molecule has 6 heteroatoms. The Kier molecular flexibility index (Phi) is 4.70. The molecule has 6 nitrogen and oxygen atoms in total. The normalized spacial score (nSPS) is 21.6. The van der Waals surface area contributed by atoms with Crippen LogP contribution in [0.4, 0.5) is 0 Å². The van der Waals surface area contributed by atoms with Gasteiger partial charge in [-0.1, -0.05) is 12.1 Å². The number of hydrogen-bond donors (Lipinski definition) is 3. The summed E-state index contributed by atoms with van der Waals surface area (Å²) in [5.74, 6) is -0.590. The highest BCUT2D eigenvalue weighted by Crippen LogP contribution is 2.18. The largest absolute Gasteiger partial charge is 0.366 e. The summed E-state index contributed by atoms with van der Waals surface area (Å²) in [4.78, 5) is 22.8. The highest BCUT2D eigenvalue weighted by Gasteiger charge is 2.29. The fraction of sp³-hybridized carbons (Fsp3) is 0.429. The van der Waals surface area contributed by atoms with Gasteiger partial charge in [0.1, 0.15) is 6.10 Å². The fourth-order valence-corrected chi connectivity index (χ4v) is 2.16. The van der Waals surface area contributed by atoms with Crippen LogP contribution in [0.2, 0.25) is 0 Å². The van der Waals surface area contributed by atoms with E-state index < -0.39 is 12.0 Å². The number of rotatable bonds is 5. The topological polar surface area (TPSA) is 107 Å². The Labute approximate surface area is 117 Å². The molecule has 0 aliphatic carbocycles. The van der Waals surface area contributed by atoms with Crippen LogP contribution in [0.3, 0.4) is 0 Å². The molecule has 1 saturated heterocycles. The SMILES string of the molecule is NC[C@H]1CC[C@@H](C(=O)NCc2ccc(C(N)=O)cc2)O1. The van der Waals surface area contributed by atoms with E-state index in [1.165, 1.54) is 0 Å². The quantitative estimate of drug-likeness (QED) is 0.699. The Morgan fingerprint density at radius 1 is 1.25 bits per heavy atom. The maximum Gasteiger partial charge on any atom is 0.249 e. The molecule has 1 aromatic rings. The van der Waals surface area contributed by atoms with Crippen molar-refractivity contribution < 1.29 is 14.3 Å². The molecule has 1 heterocycles. The first kappa shape index (κ1) is 14.5. The summed E-state index contributed by atoms with van der Waals surface area (Å²) < 4.78 is 5.51. The Hall–Kier alpha value is -1.92. The minimum atomic E-state index is -0.465. The Morgan fingerprint density at radius 3 is 2.50 bits per heavy atom. The number of hydrogen-bond acceptors (Lipinski definition) is 4. The summed E-state index contributed by atoms with van der Waals surface area (Å²) in [6.45, 7) is 0.837. The zero-order valence-electron chi connectivity index (χ0n) is 11.2. The molecule has 1 aliphatic rings. The van der Waals surface area contributed by atoms with E-state index >= 15 is 0 Å². The molecule has 0 spiro atoms. The van der Waals surface area contributed by atoms with Gasteiger partial charge in [0.05, 0.1) is 6.10 Å². The first-order valence-electron chi connectivity index (χ1n) is 6.62. The minimum absolute atomic E-state index is 0.0133. The van der Waals surface area contributed by atoms with Crippen molar-refractivity contribution in [2.75, 3.05) is 6.54 Å². The van der Waals surface area contributed by atoms with Crippen LogP contribution in [0.1, 0.15) is 28.8 Å². The van der Waals surface area contributed by atoms with E-state index in [4.69, 9.17) is 16.2 Å². The molecular formula is C14H19N3O3. The van der Waals surface area contributed by atoms with Gasteiger partial charge in [-0.05, 0) is 30.5 Å². The van der Waals surface area contributed by atoms with Gasteiger partial charge in [0.2, 0.25) is 11.8 Å². The Balaban J connectivity index is 1.83. The lowest BCUT2D eigenvalue weighted by atomic mass is 10.1. The molecular weight excluding hydrogens is 258 g/mol. The van der Waals surface area contributed by atoms with Crippen molar-refractivity contribution in [1.82, 2.24) is 5.32 Å². The third kappa shape index (κ3) is 3.55. The van der Waals surface area contributed by atoms with Crippen LogP contribution in [-0.2, 0) is 16.1 Å². The van der Waals surface area contributed by atoms with Gasteiger partial charge in [0.15, 0.2) is 0 Å². The van der Waals surface area contributed by atoms with Gasteiger partial charge in [0.25, 0.3) is 0 Å². The maximum absolute atomic E-state index is 11.9. The summed E-state index contributed by atoms with van der Waals surface area (Å²) in [5.41, 5.74) is 12.0. The highest BCUT2D eigenvalue weighted by atomic mass is 16.5. The van der Waals surface area contributed by atoms with Crippen molar-refractivity contribution in [2.24, 2.45) is 11.5 Å². The van der Waals surface area contributed by atoms with Crippen molar-refractivity contribution >= 4 is 11.8 Å². The molecule has 2 rings (SSSR count). The molecule has 5 N–H and O–H groups in total. The number of nitrogens with one attached hydrogen (secondary N) is 1. The molecule has 0 bridgehead atoms. The summed E-state index contributed by atoms with van der Waals surface area (Å²) in [5, 5.41) is 2.81. The van der Waals surface area contributed by atoms with E-state index in [2.05, 4.69) is 5.32 Å². The number of benzene rings is 1. The van der Waals surface area contributed by atoms with E-state index in [0.29, 0.717) is 25.1 Å². The maximum atomic E-state index is 11.9. The summed E-state index contributed by atoms with van der Waals surface area (Å²) >= 11 is 0. The first-order chi connectivity index (χ1) is 9.60. The molecule has 1 aromatic carbocycles. The third-order valence-corrected chi connectivity index (χ3v) is 3.37. The van der Waals surface area contributed by atoms with E-state index in [9.17, 15) is 9.59 Å². The van der Waals surface area contributed by atoms with Crippen molar-refractivity contribution in [2.45, 2.75) is 31.6 Å². The van der Waals surface area contributed by atoms with Gasteiger partial charge >= 0.3 is 0 Å². The highest BCUT2D eigenvalue weighted by molar-refractivity contribution is 5.92. The first-order valence-corrected chi connectivity index (χ1v) is 6.62. The van der Waals surface area contributed by atoms with Crippen molar-refractivity contribution in [3.05, 3.63) is 35.4 Å². The molecule has 0 radical (unpaired) electrons. The predicted molar refractivity (Wildman–Crippen MR) is 73.8 cm³/mol. The number of carbonyl (C=O) groups excluding carboxylic acids is 2. The van der Waals surface area contributed by atoms with Crippen molar-refractivity contribution in [3.8, 4) is 0 Å². The lowest BCUT2D eigenvalue weighted by molar-refractivity contribution is -0.132. The fourth-order valence-electron chi connectivity index (χ4n) is 2.16. The van der Waals surface area contributed by atoms with Crippen LogP contribution >= 0.6 is 0 Å². The number of amides is 2. The average Bonchev–Trinajstić information content (AvgIpc) is 2.94. The van der Waals surface area contributed by atoms with Gasteiger partial charge < -0.3 is 21.5 Å². The molecule has 108 valence electrons. The smallest absolute Gasteiger partial charge is 0.249 e. The second kappa shape index (κ2) is 6.49. The zero-order valence-corrected chi connectivity index (χ0v) is 11.2. The number of nitrogens with two attached hydrogens (primary N) is 2. The molecule has 0 unspecified atom stereocenters. The van der Waals surface area contributed by atoms with Gasteiger partial charge in [0, 0.05) is 18.7 Å². The van der Waals surface area contributed by atoms with Crippen LogP contribution in [-0.4, -0.2) is 30.6 Å². The van der Waals surface area contributed by atoms with Gasteiger partial charge in [-0.25, -0.2) is 0 Å². The van der Waals surface area contributed by atoms with Crippen LogP contribution < -0.4 is 16.8 Å². The van der Waals surface area contributed by atoms with Crippen LogP contribution in [0.15, 0.2) is 24.3 Å². The summed E-state index contributed by atoms with van der Waals surface area (Å²) in [6.07, 6.45) is 1.10.